The molecule has 0 amide bonds. The Morgan fingerprint density at radius 3 is 2.63 bits per heavy atom. The highest BCUT2D eigenvalue weighted by Gasteiger charge is 2.27. The van der Waals surface area contributed by atoms with Crippen LogP contribution in [0.15, 0.2) is 4.90 Å². The van der Waals surface area contributed by atoms with Crippen LogP contribution in [-0.4, -0.2) is 36.2 Å². The van der Waals surface area contributed by atoms with Gasteiger partial charge in [0.25, 0.3) is 0 Å². The van der Waals surface area contributed by atoms with Crippen molar-refractivity contribution in [1.82, 2.24) is 14.9 Å². The van der Waals surface area contributed by atoms with Crippen molar-refractivity contribution in [3.8, 4) is 0 Å². The van der Waals surface area contributed by atoms with Gasteiger partial charge in [0.15, 0.2) is 5.69 Å². The fourth-order valence-electron chi connectivity index (χ4n) is 1.68. The Bertz CT molecular complexity index is 548. The van der Waals surface area contributed by atoms with Crippen LogP contribution in [0.1, 0.15) is 42.9 Å². The monoisotopic (exact) mass is 289 g/mol. The number of aromatic amines is 1. The molecule has 0 unspecified atom stereocenters. The molecular formula is C11H19N3O4S. The van der Waals surface area contributed by atoms with Crippen LogP contribution in [0.5, 0.6) is 0 Å². The van der Waals surface area contributed by atoms with E-state index >= 15 is 0 Å². The summed E-state index contributed by atoms with van der Waals surface area (Å²) < 4.78 is 26.5. The summed E-state index contributed by atoms with van der Waals surface area (Å²) in [5.74, 6) is -0.873. The van der Waals surface area contributed by atoms with Crippen LogP contribution in [-0.2, 0) is 10.0 Å². The lowest BCUT2D eigenvalue weighted by molar-refractivity contribution is 0.0686. The van der Waals surface area contributed by atoms with Crippen LogP contribution in [0.25, 0.3) is 0 Å². The Hall–Kier alpha value is -1.41. The molecule has 0 spiro atoms. The van der Waals surface area contributed by atoms with Crippen molar-refractivity contribution < 1.29 is 18.3 Å². The number of carbonyl (C=O) groups is 1. The highest BCUT2D eigenvalue weighted by Crippen LogP contribution is 2.17. The largest absolute Gasteiger partial charge is 0.476 e. The standard InChI is InChI=1S/C11H19N3O4S/c1-7(2)5-4-6-12-19(17,18)10-8(3)13-14-9(10)11(15)16/h7,12H,4-6H2,1-3H3,(H,13,14)(H,15,16). The molecule has 7 nitrogen and oxygen atoms in total. The number of aryl methyl sites for hydroxylation is 1. The molecule has 0 saturated carbocycles. The van der Waals surface area contributed by atoms with Gasteiger partial charge in [-0.25, -0.2) is 17.9 Å². The lowest BCUT2D eigenvalue weighted by Crippen LogP contribution is -2.27. The van der Waals surface area contributed by atoms with E-state index in [-0.39, 0.29) is 17.1 Å². The van der Waals surface area contributed by atoms with Gasteiger partial charge in [0.05, 0.1) is 5.69 Å². The van der Waals surface area contributed by atoms with Crippen LogP contribution < -0.4 is 4.72 Å². The number of nitrogens with one attached hydrogen (secondary N) is 2. The normalized spacial score (nSPS) is 12.0. The van der Waals surface area contributed by atoms with E-state index in [1.807, 2.05) is 0 Å². The lowest BCUT2D eigenvalue weighted by Gasteiger charge is -2.08. The first-order chi connectivity index (χ1) is 8.75. The van der Waals surface area contributed by atoms with Gasteiger partial charge in [0, 0.05) is 6.54 Å². The molecule has 8 heteroatoms. The summed E-state index contributed by atoms with van der Waals surface area (Å²) in [5, 5.41) is 14.8. The summed E-state index contributed by atoms with van der Waals surface area (Å²) in [6, 6.07) is 0. The van der Waals surface area contributed by atoms with Crippen molar-refractivity contribution in [3.05, 3.63) is 11.4 Å². The minimum atomic E-state index is -3.85. The van der Waals surface area contributed by atoms with Gasteiger partial charge in [-0.05, 0) is 25.7 Å². The quantitative estimate of drug-likeness (QED) is 0.651. The lowest BCUT2D eigenvalue weighted by atomic mass is 10.1. The van der Waals surface area contributed by atoms with Gasteiger partial charge >= 0.3 is 5.97 Å². The van der Waals surface area contributed by atoms with Crippen LogP contribution in [0, 0.1) is 12.8 Å². The van der Waals surface area contributed by atoms with Gasteiger partial charge in [-0.2, -0.15) is 5.10 Å². The van der Waals surface area contributed by atoms with Gasteiger partial charge in [-0.3, -0.25) is 5.10 Å². The molecule has 0 radical (unpaired) electrons. The summed E-state index contributed by atoms with van der Waals surface area (Å²) in [5.41, 5.74) is -0.261. The number of H-pyrrole nitrogens is 1. The molecule has 0 aliphatic heterocycles. The number of hydrogen-bond acceptors (Lipinski definition) is 4. The van der Waals surface area contributed by atoms with Crippen LogP contribution in [0.4, 0.5) is 0 Å². The minimum absolute atomic E-state index is 0.216. The molecule has 0 atom stereocenters. The summed E-state index contributed by atoms with van der Waals surface area (Å²) in [7, 11) is -3.85. The number of hydrogen-bond donors (Lipinski definition) is 3. The number of sulfonamides is 1. The van der Waals surface area contributed by atoms with Crippen molar-refractivity contribution in [2.45, 2.75) is 38.5 Å². The molecule has 1 aromatic heterocycles. The molecule has 0 saturated heterocycles. The zero-order valence-corrected chi connectivity index (χ0v) is 12.0. The SMILES string of the molecule is Cc1[nH]nc(C(=O)O)c1S(=O)(=O)NCCCC(C)C. The predicted octanol–water partition coefficient (Wildman–Crippen LogP) is 1.13. The first-order valence-electron chi connectivity index (χ1n) is 6.03. The number of nitrogens with zero attached hydrogens (tertiary/aromatic N) is 1. The van der Waals surface area contributed by atoms with E-state index in [0.29, 0.717) is 12.3 Å². The van der Waals surface area contributed by atoms with Gasteiger partial charge in [-0.15, -0.1) is 0 Å². The van der Waals surface area contributed by atoms with Crippen molar-refractivity contribution in [2.24, 2.45) is 5.92 Å². The molecule has 0 aliphatic carbocycles. The van der Waals surface area contributed by atoms with Crippen LogP contribution in [0.3, 0.4) is 0 Å². The highest BCUT2D eigenvalue weighted by molar-refractivity contribution is 7.89. The molecule has 0 aliphatic rings. The van der Waals surface area contributed by atoms with Gasteiger partial charge in [0.2, 0.25) is 10.0 Å². The number of carboxylic acid groups (broad SMARTS) is 1. The second kappa shape index (κ2) is 6.16. The number of aromatic nitrogens is 2. The molecule has 1 aromatic rings. The molecule has 0 aromatic carbocycles. The summed E-state index contributed by atoms with van der Waals surface area (Å²) in [6.45, 7) is 5.86. The van der Waals surface area contributed by atoms with Crippen molar-refractivity contribution >= 4 is 16.0 Å². The highest BCUT2D eigenvalue weighted by atomic mass is 32.2. The van der Waals surface area contributed by atoms with E-state index in [4.69, 9.17) is 5.11 Å². The second-order valence-corrected chi connectivity index (χ2v) is 6.47. The van der Waals surface area contributed by atoms with E-state index < -0.39 is 21.7 Å². The molecular weight excluding hydrogens is 270 g/mol. The molecule has 19 heavy (non-hydrogen) atoms. The Balaban J connectivity index is 2.83. The van der Waals surface area contributed by atoms with Crippen LogP contribution >= 0.6 is 0 Å². The topological polar surface area (TPSA) is 112 Å². The fourth-order valence-corrected chi connectivity index (χ4v) is 3.08. The molecule has 0 bridgehead atoms. The van der Waals surface area contributed by atoms with Crippen molar-refractivity contribution in [1.29, 1.82) is 0 Å². The number of carboxylic acids is 1. The Kier molecular flexibility index (Phi) is 5.07. The zero-order chi connectivity index (χ0) is 14.6. The molecule has 0 fully saturated rings. The second-order valence-electron chi connectivity index (χ2n) is 4.77. The first-order valence-corrected chi connectivity index (χ1v) is 7.52. The average Bonchev–Trinajstić information content (AvgIpc) is 2.67. The molecule has 108 valence electrons. The van der Waals surface area contributed by atoms with Crippen molar-refractivity contribution in [2.75, 3.05) is 6.54 Å². The smallest absolute Gasteiger partial charge is 0.357 e. The van der Waals surface area contributed by atoms with E-state index in [1.165, 1.54) is 6.92 Å². The molecule has 1 rings (SSSR count). The van der Waals surface area contributed by atoms with E-state index in [0.717, 1.165) is 6.42 Å². The van der Waals surface area contributed by atoms with Crippen molar-refractivity contribution in [3.63, 3.8) is 0 Å². The average molecular weight is 289 g/mol. The Morgan fingerprint density at radius 1 is 1.47 bits per heavy atom. The summed E-state index contributed by atoms with van der Waals surface area (Å²) >= 11 is 0. The third kappa shape index (κ3) is 4.03. The van der Waals surface area contributed by atoms with Crippen LogP contribution in [0.2, 0.25) is 0 Å². The third-order valence-electron chi connectivity index (χ3n) is 2.61. The Morgan fingerprint density at radius 2 is 2.11 bits per heavy atom. The maximum absolute atomic E-state index is 12.0. The molecule has 3 N–H and O–H groups in total. The third-order valence-corrected chi connectivity index (χ3v) is 4.23. The molecule has 1 heterocycles. The first kappa shape index (κ1) is 15.6. The van der Waals surface area contributed by atoms with E-state index in [1.54, 1.807) is 0 Å². The number of rotatable bonds is 7. The maximum atomic E-state index is 12.0. The zero-order valence-electron chi connectivity index (χ0n) is 11.2. The van der Waals surface area contributed by atoms with E-state index in [2.05, 4.69) is 28.8 Å². The van der Waals surface area contributed by atoms with E-state index in [9.17, 15) is 13.2 Å². The predicted molar refractivity (Wildman–Crippen MR) is 69.5 cm³/mol. The summed E-state index contributed by atoms with van der Waals surface area (Å²) in [4.78, 5) is 10.6. The summed E-state index contributed by atoms with van der Waals surface area (Å²) in [6.07, 6.45) is 1.61. The fraction of sp³-hybridized carbons (Fsp3) is 0.636. The van der Waals surface area contributed by atoms with Gasteiger partial charge < -0.3 is 5.11 Å². The van der Waals surface area contributed by atoms with Gasteiger partial charge in [-0.1, -0.05) is 13.8 Å². The Labute approximate surface area is 112 Å². The maximum Gasteiger partial charge on any atom is 0.357 e. The number of aromatic carboxylic acids is 1. The van der Waals surface area contributed by atoms with Gasteiger partial charge in [0.1, 0.15) is 4.90 Å². The minimum Gasteiger partial charge on any atom is -0.476 e.